The Kier molecular flexibility index (Phi) is 5.47. The zero-order valence-corrected chi connectivity index (χ0v) is 15.5. The van der Waals surface area contributed by atoms with Crippen molar-refractivity contribution in [1.82, 2.24) is 0 Å². The summed E-state index contributed by atoms with van der Waals surface area (Å²) in [5.41, 5.74) is 1.13. The van der Waals surface area contributed by atoms with Gasteiger partial charge in [0.2, 0.25) is 5.91 Å². The van der Waals surface area contributed by atoms with Crippen LogP contribution < -0.4 is 10.2 Å². The number of fused-ring (bicyclic) bond motifs is 1. The van der Waals surface area contributed by atoms with Gasteiger partial charge in [0.1, 0.15) is 11.5 Å². The van der Waals surface area contributed by atoms with Crippen LogP contribution in [0.4, 0.5) is 5.00 Å². The summed E-state index contributed by atoms with van der Waals surface area (Å²) in [6, 6.07) is 0. The van der Waals surface area contributed by atoms with Crippen LogP contribution in [0.2, 0.25) is 0 Å². The summed E-state index contributed by atoms with van der Waals surface area (Å²) in [5, 5.41) is 3.59. The van der Waals surface area contributed by atoms with Gasteiger partial charge in [0.05, 0.1) is 30.1 Å². The summed E-state index contributed by atoms with van der Waals surface area (Å²) in [6.07, 6.45) is 0.856. The first-order valence-electron chi connectivity index (χ1n) is 8.24. The third kappa shape index (κ3) is 3.93. The fourth-order valence-corrected chi connectivity index (χ4v) is 3.94. The van der Waals surface area contributed by atoms with E-state index in [1.165, 1.54) is 21.1 Å². The predicted octanol–water partition coefficient (Wildman–Crippen LogP) is 1.87. The first-order valence-corrected chi connectivity index (χ1v) is 9.06. The normalized spacial score (nSPS) is 17.5. The van der Waals surface area contributed by atoms with Gasteiger partial charge in [-0.2, -0.15) is 0 Å². The van der Waals surface area contributed by atoms with E-state index in [2.05, 4.69) is 12.2 Å². The molecule has 1 aromatic heterocycles. The molecular weight excluding hydrogens is 312 g/mol. The number of hydrogen-bond donors (Lipinski definition) is 2. The molecule has 1 atom stereocenters. The predicted molar refractivity (Wildman–Crippen MR) is 92.1 cm³/mol. The highest BCUT2D eigenvalue weighted by Crippen LogP contribution is 2.36. The molecule has 0 fully saturated rings. The van der Waals surface area contributed by atoms with Crippen LogP contribution in [0, 0.1) is 5.41 Å². The monoisotopic (exact) mass is 339 g/mol. The van der Waals surface area contributed by atoms with Crippen molar-refractivity contribution in [2.75, 3.05) is 25.0 Å². The van der Waals surface area contributed by atoms with E-state index in [0.29, 0.717) is 17.2 Å². The fourth-order valence-electron chi connectivity index (χ4n) is 2.64. The smallest absolute Gasteiger partial charge is 0.341 e. The lowest BCUT2D eigenvalue weighted by molar-refractivity contribution is -0.913. The molecule has 0 aliphatic carbocycles. The number of likely N-dealkylation sites (N-methyl/N-ethyl adjacent to an activating group) is 1. The number of carbonyl (C=O) groups excluding carboxylic acids is 2. The molecule has 2 N–H and O–H groups in total. The van der Waals surface area contributed by atoms with E-state index in [9.17, 15) is 9.59 Å². The second kappa shape index (κ2) is 7.01. The van der Waals surface area contributed by atoms with E-state index in [1.807, 2.05) is 20.8 Å². The van der Waals surface area contributed by atoms with Crippen LogP contribution in [0.15, 0.2) is 0 Å². The largest absolute Gasteiger partial charge is 0.462 e. The summed E-state index contributed by atoms with van der Waals surface area (Å²) in [6.45, 7) is 12.9. The van der Waals surface area contributed by atoms with Gasteiger partial charge in [0.15, 0.2) is 0 Å². The molecule has 0 spiro atoms. The van der Waals surface area contributed by atoms with Crippen LogP contribution in [-0.2, 0) is 22.5 Å². The molecule has 1 aromatic rings. The van der Waals surface area contributed by atoms with Gasteiger partial charge >= 0.3 is 5.97 Å². The molecule has 5 nitrogen and oxygen atoms in total. The highest BCUT2D eigenvalue weighted by molar-refractivity contribution is 7.17. The third-order valence-electron chi connectivity index (χ3n) is 4.12. The number of rotatable bonds is 4. The van der Waals surface area contributed by atoms with Crippen LogP contribution in [-0.4, -0.2) is 31.6 Å². The molecule has 6 heteroatoms. The second-order valence-corrected chi connectivity index (χ2v) is 8.02. The zero-order valence-electron chi connectivity index (χ0n) is 14.7. The number of hydrogen-bond acceptors (Lipinski definition) is 4. The summed E-state index contributed by atoms with van der Waals surface area (Å²) < 4.78 is 5.22. The van der Waals surface area contributed by atoms with Crippen LogP contribution in [0.5, 0.6) is 0 Å². The Bertz CT molecular complexity index is 602. The number of anilines is 1. The lowest BCUT2D eigenvalue weighted by Gasteiger charge is -2.22. The number of amides is 1. The van der Waals surface area contributed by atoms with E-state index in [0.717, 1.165) is 31.6 Å². The SMILES string of the molecule is CCOC(=O)c1c(NC(=O)C(C)(C)C)sc2c1CC[NH+](CC)C2. The maximum absolute atomic E-state index is 12.4. The lowest BCUT2D eigenvalue weighted by Crippen LogP contribution is -3.11. The maximum Gasteiger partial charge on any atom is 0.341 e. The Balaban J connectivity index is 2.38. The molecule has 0 aromatic carbocycles. The Morgan fingerprint density at radius 3 is 2.57 bits per heavy atom. The molecule has 1 unspecified atom stereocenters. The van der Waals surface area contributed by atoms with Crippen molar-refractivity contribution in [3.8, 4) is 0 Å². The Hall–Kier alpha value is -1.40. The summed E-state index contributed by atoms with van der Waals surface area (Å²) in [4.78, 5) is 27.4. The molecule has 2 rings (SSSR count). The van der Waals surface area contributed by atoms with Gasteiger partial charge in [-0.25, -0.2) is 4.79 Å². The Morgan fingerprint density at radius 2 is 2.00 bits per heavy atom. The minimum absolute atomic E-state index is 0.0821. The molecular formula is C17H27N2O3S+. The maximum atomic E-state index is 12.4. The minimum Gasteiger partial charge on any atom is -0.462 e. The number of ether oxygens (including phenoxy) is 1. The molecule has 23 heavy (non-hydrogen) atoms. The highest BCUT2D eigenvalue weighted by atomic mass is 32.1. The standard InChI is InChI=1S/C17H26N2O3S/c1-6-19-9-8-11-12(10-19)23-14(13(11)15(20)22-7-2)18-16(21)17(3,4)5/h6-10H2,1-5H3,(H,18,21)/p+1. The number of quaternary nitrogens is 1. The van der Waals surface area contributed by atoms with Crippen molar-refractivity contribution in [3.05, 3.63) is 16.0 Å². The van der Waals surface area contributed by atoms with Crippen molar-refractivity contribution in [3.63, 3.8) is 0 Å². The van der Waals surface area contributed by atoms with E-state index in [-0.39, 0.29) is 11.9 Å². The molecule has 1 amide bonds. The van der Waals surface area contributed by atoms with E-state index < -0.39 is 5.41 Å². The molecule has 0 bridgehead atoms. The van der Waals surface area contributed by atoms with Crippen molar-refractivity contribution in [1.29, 1.82) is 0 Å². The first-order chi connectivity index (χ1) is 10.8. The second-order valence-electron chi connectivity index (χ2n) is 6.91. The number of carbonyl (C=O) groups is 2. The summed E-state index contributed by atoms with van der Waals surface area (Å²) in [7, 11) is 0. The molecule has 128 valence electrons. The topological polar surface area (TPSA) is 59.8 Å². The van der Waals surface area contributed by atoms with Gasteiger partial charge in [-0.05, 0) is 19.4 Å². The average molecular weight is 339 g/mol. The van der Waals surface area contributed by atoms with Gasteiger partial charge in [-0.15, -0.1) is 11.3 Å². The lowest BCUT2D eigenvalue weighted by atomic mass is 9.95. The van der Waals surface area contributed by atoms with Crippen molar-refractivity contribution in [2.45, 2.75) is 47.6 Å². The quantitative estimate of drug-likeness (QED) is 0.824. The van der Waals surface area contributed by atoms with Gasteiger partial charge < -0.3 is 15.0 Å². The molecule has 1 aliphatic rings. The number of nitrogens with one attached hydrogen (secondary N) is 2. The number of esters is 1. The van der Waals surface area contributed by atoms with Crippen LogP contribution in [0.1, 0.15) is 55.4 Å². The highest BCUT2D eigenvalue weighted by Gasteiger charge is 2.32. The van der Waals surface area contributed by atoms with Crippen LogP contribution >= 0.6 is 11.3 Å². The molecule has 0 radical (unpaired) electrons. The van der Waals surface area contributed by atoms with Crippen molar-refractivity contribution in [2.24, 2.45) is 5.41 Å². The van der Waals surface area contributed by atoms with Gasteiger partial charge in [0.25, 0.3) is 0 Å². The van der Waals surface area contributed by atoms with Gasteiger partial charge in [-0.3, -0.25) is 4.79 Å². The minimum atomic E-state index is -0.503. The van der Waals surface area contributed by atoms with E-state index >= 15 is 0 Å². The number of thiophene rings is 1. The molecule has 1 aliphatic heterocycles. The Morgan fingerprint density at radius 1 is 1.30 bits per heavy atom. The zero-order chi connectivity index (χ0) is 17.2. The summed E-state index contributed by atoms with van der Waals surface area (Å²) >= 11 is 1.53. The van der Waals surface area contributed by atoms with Crippen LogP contribution in [0.25, 0.3) is 0 Å². The molecule has 0 saturated heterocycles. The van der Waals surface area contributed by atoms with Gasteiger partial charge in [-0.1, -0.05) is 20.8 Å². The first kappa shape index (κ1) is 17.9. The van der Waals surface area contributed by atoms with Crippen LogP contribution in [0.3, 0.4) is 0 Å². The average Bonchev–Trinajstić information content (AvgIpc) is 2.83. The van der Waals surface area contributed by atoms with Gasteiger partial charge in [0, 0.05) is 11.8 Å². The van der Waals surface area contributed by atoms with Crippen molar-refractivity contribution < 1.29 is 19.2 Å². The Labute approximate surface area is 142 Å². The van der Waals surface area contributed by atoms with E-state index in [4.69, 9.17) is 4.74 Å². The third-order valence-corrected chi connectivity index (χ3v) is 5.27. The van der Waals surface area contributed by atoms with E-state index in [1.54, 1.807) is 6.92 Å². The summed E-state index contributed by atoms with van der Waals surface area (Å²) in [5.74, 6) is -0.407. The molecule has 0 saturated carbocycles. The van der Waals surface area contributed by atoms with Crippen molar-refractivity contribution >= 4 is 28.2 Å². The molecule has 2 heterocycles. The fraction of sp³-hybridized carbons (Fsp3) is 0.647.